The molecule has 0 fully saturated rings. The van der Waals surface area contributed by atoms with E-state index in [4.69, 9.17) is 0 Å². The monoisotopic (exact) mass is 593 g/mol. The van der Waals surface area contributed by atoms with E-state index in [9.17, 15) is 31.0 Å². The third-order valence-corrected chi connectivity index (χ3v) is 7.52. The van der Waals surface area contributed by atoms with Gasteiger partial charge in [0.15, 0.2) is 0 Å². The number of benzene rings is 5. The molecule has 0 bridgehead atoms. The maximum absolute atomic E-state index is 13.3. The summed E-state index contributed by atoms with van der Waals surface area (Å²) < 4.78 is 69.2. The first-order valence-corrected chi connectivity index (χ1v) is 13.8. The molecular formula is C26H17N3Na2O7S2. The van der Waals surface area contributed by atoms with Gasteiger partial charge in [-0.25, -0.2) is 8.42 Å². The average molecular weight is 594 g/mol. The van der Waals surface area contributed by atoms with E-state index in [2.05, 4.69) is 15.5 Å². The van der Waals surface area contributed by atoms with Gasteiger partial charge in [-0.15, -0.1) is 10.2 Å². The summed E-state index contributed by atoms with van der Waals surface area (Å²) in [7, 11) is -9.67. The molecule has 0 amide bonds. The molecule has 5 aromatic carbocycles. The summed E-state index contributed by atoms with van der Waals surface area (Å²) in [6.07, 6.45) is 0. The minimum absolute atomic E-state index is 0. The van der Waals surface area contributed by atoms with Gasteiger partial charge < -0.3 is 15.0 Å². The Balaban J connectivity index is 0.00000220. The molecule has 0 saturated heterocycles. The molecule has 0 atom stereocenters. The molecule has 0 radical (unpaired) electrons. The Kier molecular flexibility index (Phi) is 10.2. The molecule has 2 N–H and O–H groups in total. The maximum Gasteiger partial charge on any atom is 1.00 e. The van der Waals surface area contributed by atoms with Crippen molar-refractivity contribution >= 4 is 64.5 Å². The Hall–Kier alpha value is -2.36. The van der Waals surface area contributed by atoms with Gasteiger partial charge in [0.25, 0.3) is 10.1 Å². The molecule has 10 nitrogen and oxygen atoms in total. The van der Waals surface area contributed by atoms with Crippen LogP contribution in [0.5, 0.6) is 5.75 Å². The number of hydrogen-bond donors (Lipinski definition) is 2. The van der Waals surface area contributed by atoms with Crippen molar-refractivity contribution in [3.8, 4) is 5.75 Å². The van der Waals surface area contributed by atoms with Crippen LogP contribution in [0.3, 0.4) is 0 Å². The van der Waals surface area contributed by atoms with Gasteiger partial charge >= 0.3 is 59.1 Å². The van der Waals surface area contributed by atoms with Crippen LogP contribution in [0, 0.1) is 0 Å². The van der Waals surface area contributed by atoms with Crippen LogP contribution in [0.25, 0.3) is 21.5 Å². The smallest absolute Gasteiger partial charge is 0.871 e. The first kappa shape index (κ1) is 32.2. The normalized spacial score (nSPS) is 11.8. The molecule has 0 unspecified atom stereocenters. The zero-order chi connectivity index (χ0) is 27.1. The predicted molar refractivity (Wildman–Crippen MR) is 139 cm³/mol. The second-order valence-corrected chi connectivity index (χ2v) is 11.0. The van der Waals surface area contributed by atoms with Gasteiger partial charge in [-0.05, 0) is 53.2 Å². The first-order chi connectivity index (χ1) is 18.0. The van der Waals surface area contributed by atoms with E-state index in [1.165, 1.54) is 30.3 Å². The molecule has 0 aliphatic heterocycles. The van der Waals surface area contributed by atoms with Crippen LogP contribution >= 0.6 is 0 Å². The first-order valence-electron chi connectivity index (χ1n) is 11.0. The summed E-state index contributed by atoms with van der Waals surface area (Å²) >= 11 is 0. The van der Waals surface area contributed by atoms with Crippen LogP contribution in [-0.2, 0) is 20.2 Å². The van der Waals surface area contributed by atoms with Crippen LogP contribution in [0.2, 0.25) is 0 Å². The van der Waals surface area contributed by atoms with Gasteiger partial charge in [-0.3, -0.25) is 4.55 Å². The van der Waals surface area contributed by atoms with Crippen molar-refractivity contribution in [1.82, 2.24) is 0 Å². The van der Waals surface area contributed by atoms with E-state index in [1.807, 2.05) is 30.3 Å². The third-order valence-electron chi connectivity index (χ3n) is 5.76. The molecule has 5 aromatic rings. The van der Waals surface area contributed by atoms with Crippen molar-refractivity contribution in [3.05, 3.63) is 91.0 Å². The van der Waals surface area contributed by atoms with Crippen LogP contribution in [0.4, 0.5) is 22.7 Å². The number of hydrogen-bond acceptors (Lipinski definition) is 9. The van der Waals surface area contributed by atoms with Crippen LogP contribution in [0.15, 0.2) is 111 Å². The van der Waals surface area contributed by atoms with Gasteiger partial charge in [0.1, 0.15) is 15.0 Å². The fraction of sp³-hybridized carbons (Fsp3) is 0. The minimum Gasteiger partial charge on any atom is -0.871 e. The fourth-order valence-electron chi connectivity index (χ4n) is 4.06. The zero-order valence-electron chi connectivity index (χ0n) is 21.3. The summed E-state index contributed by atoms with van der Waals surface area (Å²) in [6.45, 7) is 0. The number of nitrogens with zero attached hydrogens (tertiary/aromatic N) is 2. The Morgan fingerprint density at radius 3 is 1.98 bits per heavy atom. The molecule has 5 rings (SSSR count). The summed E-state index contributed by atoms with van der Waals surface area (Å²) in [5.41, 5.74) is 0.820. The molecule has 0 aliphatic rings. The van der Waals surface area contributed by atoms with Gasteiger partial charge in [-0.2, -0.15) is 8.42 Å². The molecule has 0 saturated carbocycles. The standard InChI is InChI=1S/C26H19N3O7S2.2Na/c30-26-19-11-10-18(27-17-6-2-1-3-7-17)14-16(19)15-24(38(34,35)36)25(26)29-28-22-12-13-23(37(31,32)33)21-9-5-4-8-20(21)22;;/h1-15,27,30H,(H,31,32,33)(H,34,35,36);;/q;2*+1/p-2. The fourth-order valence-corrected chi connectivity index (χ4v) is 5.40. The Bertz CT molecular complexity index is 1970. The molecule has 0 aromatic heterocycles. The van der Waals surface area contributed by atoms with Crippen LogP contribution in [0.1, 0.15) is 0 Å². The second-order valence-electron chi connectivity index (χ2n) is 8.24. The summed E-state index contributed by atoms with van der Waals surface area (Å²) in [6, 6.07) is 23.3. The zero-order valence-corrected chi connectivity index (χ0v) is 26.9. The number of rotatable bonds is 6. The molecule has 0 heterocycles. The average Bonchev–Trinajstić information content (AvgIpc) is 2.87. The SMILES string of the molecule is O=S(=O)([O-])c1ccc(N=Nc2c(S(=O)(=O)O)cc3cc(Nc4ccccc4)ccc3c2[O-])c2ccccc12.[Na+].[Na+]. The largest absolute Gasteiger partial charge is 1.00 e. The number of azo groups is 1. The molecule has 40 heavy (non-hydrogen) atoms. The Labute approximate surface area is 274 Å². The number of para-hydroxylation sites is 1. The Morgan fingerprint density at radius 2 is 1.32 bits per heavy atom. The molecular weight excluding hydrogens is 576 g/mol. The van der Waals surface area contributed by atoms with Gasteiger partial charge in [0.05, 0.1) is 16.3 Å². The molecule has 14 heteroatoms. The quantitative estimate of drug-likeness (QED) is 0.149. The topological polar surface area (TPSA) is 171 Å². The van der Waals surface area contributed by atoms with E-state index in [-0.39, 0.29) is 86.3 Å². The van der Waals surface area contributed by atoms with E-state index in [1.54, 1.807) is 18.2 Å². The van der Waals surface area contributed by atoms with E-state index in [0.29, 0.717) is 5.69 Å². The van der Waals surface area contributed by atoms with Gasteiger partial charge in [0, 0.05) is 22.1 Å². The minimum atomic E-state index is -4.89. The van der Waals surface area contributed by atoms with Crippen molar-refractivity contribution in [2.45, 2.75) is 9.79 Å². The van der Waals surface area contributed by atoms with E-state index in [0.717, 1.165) is 17.8 Å². The van der Waals surface area contributed by atoms with Crippen LogP contribution < -0.4 is 69.5 Å². The van der Waals surface area contributed by atoms with Crippen molar-refractivity contribution in [3.63, 3.8) is 0 Å². The second kappa shape index (κ2) is 12.7. The molecule has 0 spiro atoms. The summed E-state index contributed by atoms with van der Waals surface area (Å²) in [4.78, 5) is -1.19. The summed E-state index contributed by atoms with van der Waals surface area (Å²) in [5.74, 6) is -0.784. The van der Waals surface area contributed by atoms with E-state index < -0.39 is 41.5 Å². The predicted octanol–water partition coefficient (Wildman–Crippen LogP) is -0.616. The van der Waals surface area contributed by atoms with Crippen molar-refractivity contribution < 1.29 is 90.2 Å². The van der Waals surface area contributed by atoms with Gasteiger partial charge in [-0.1, -0.05) is 54.3 Å². The molecule has 0 aliphatic carbocycles. The number of fused-ring (bicyclic) bond motifs is 2. The summed E-state index contributed by atoms with van der Waals surface area (Å²) in [5, 5.41) is 25.0. The maximum atomic E-state index is 13.3. The van der Waals surface area contributed by atoms with Crippen molar-refractivity contribution in [2.75, 3.05) is 5.32 Å². The van der Waals surface area contributed by atoms with E-state index >= 15 is 0 Å². The van der Waals surface area contributed by atoms with Crippen LogP contribution in [-0.4, -0.2) is 25.9 Å². The van der Waals surface area contributed by atoms with Gasteiger partial charge in [0.2, 0.25) is 0 Å². The number of anilines is 2. The molecule has 192 valence electrons. The number of nitrogens with one attached hydrogen (secondary N) is 1. The van der Waals surface area contributed by atoms with Crippen molar-refractivity contribution in [1.29, 1.82) is 0 Å². The third kappa shape index (κ3) is 6.74. The van der Waals surface area contributed by atoms with Crippen molar-refractivity contribution in [2.24, 2.45) is 10.2 Å². The Morgan fingerprint density at radius 1 is 0.675 bits per heavy atom.